The first-order chi connectivity index (χ1) is 18.2. The third kappa shape index (κ3) is 5.60. The van der Waals surface area contributed by atoms with E-state index in [1.165, 1.54) is 6.33 Å². The molecule has 3 aromatic rings. The number of hydrogen-bond donors (Lipinski definition) is 2. The summed E-state index contributed by atoms with van der Waals surface area (Å²) < 4.78 is 8.76. The maximum atomic E-state index is 13.4. The fourth-order valence-electron chi connectivity index (χ4n) is 6.32. The molecule has 1 aliphatic rings. The zero-order valence-electron chi connectivity index (χ0n) is 23.3. The summed E-state index contributed by atoms with van der Waals surface area (Å²) in [7, 11) is -2.10. The molecule has 1 fully saturated rings. The zero-order valence-corrected chi connectivity index (χ0v) is 24.3. The second-order valence-electron chi connectivity index (χ2n) is 11.3. The van der Waals surface area contributed by atoms with Crippen LogP contribution in [0.3, 0.4) is 0 Å². The summed E-state index contributed by atoms with van der Waals surface area (Å²) in [4.78, 5) is 22.0. The van der Waals surface area contributed by atoms with Crippen molar-refractivity contribution in [1.29, 1.82) is 0 Å². The van der Waals surface area contributed by atoms with Crippen LogP contribution in [0.1, 0.15) is 70.4 Å². The van der Waals surface area contributed by atoms with E-state index < -0.39 is 8.32 Å². The molecule has 1 saturated carbocycles. The van der Waals surface area contributed by atoms with Crippen molar-refractivity contribution in [2.24, 2.45) is 5.92 Å². The van der Waals surface area contributed by atoms with Crippen molar-refractivity contribution in [2.45, 2.75) is 83.2 Å². The first-order valence-electron chi connectivity index (χ1n) is 13.7. The molecule has 0 aliphatic heterocycles. The van der Waals surface area contributed by atoms with Gasteiger partial charge >= 0.3 is 0 Å². The zero-order chi connectivity index (χ0) is 27.4. The van der Waals surface area contributed by atoms with Gasteiger partial charge in [-0.15, -0.1) is 0 Å². The average Bonchev–Trinajstić information content (AvgIpc) is 3.54. The Morgan fingerprint density at radius 2 is 1.76 bits per heavy atom. The standard InChI is InChI=1S/C29H41N5O3Si/c1-19(2)38(20(3)4,21(5)6)37-27-15-23(14-22(27)17-35)32-29-25(16-30-18-31-29)28(36)26-12-13-34(33-26)24-10-8-7-9-11-24/h7-13,16,18-23,27,35H,14-15,17H2,1-6H3,(H,30,31,32)/t22-,23-,27+/m1/s1. The fourth-order valence-corrected chi connectivity index (χ4v) is 12.0. The molecule has 2 aromatic heterocycles. The van der Waals surface area contributed by atoms with Crippen molar-refractivity contribution in [3.05, 3.63) is 66.4 Å². The number of nitrogens with zero attached hydrogens (tertiary/aromatic N) is 4. The molecule has 8 nitrogen and oxygen atoms in total. The predicted molar refractivity (Wildman–Crippen MR) is 152 cm³/mol. The number of aliphatic hydroxyl groups excluding tert-OH is 1. The van der Waals surface area contributed by atoms with E-state index >= 15 is 0 Å². The quantitative estimate of drug-likeness (QED) is 0.242. The van der Waals surface area contributed by atoms with Crippen LogP contribution in [0, 0.1) is 5.92 Å². The molecule has 0 radical (unpaired) electrons. The second kappa shape index (κ2) is 11.9. The minimum atomic E-state index is -2.10. The van der Waals surface area contributed by atoms with Gasteiger partial charge in [0.15, 0.2) is 0 Å². The van der Waals surface area contributed by atoms with Crippen molar-refractivity contribution < 1.29 is 14.3 Å². The molecule has 1 aromatic carbocycles. The fraction of sp³-hybridized carbons (Fsp3) is 0.517. The Bertz CT molecular complexity index is 1190. The largest absolute Gasteiger partial charge is 0.413 e. The Labute approximate surface area is 227 Å². The van der Waals surface area contributed by atoms with Crippen LogP contribution in [-0.2, 0) is 4.43 Å². The second-order valence-corrected chi connectivity index (χ2v) is 16.7. The molecule has 2 N–H and O–H groups in total. The van der Waals surface area contributed by atoms with Crippen molar-refractivity contribution in [2.75, 3.05) is 11.9 Å². The van der Waals surface area contributed by atoms with Gasteiger partial charge in [0.25, 0.3) is 0 Å². The lowest BCUT2D eigenvalue weighted by Gasteiger charge is -2.45. The molecule has 0 saturated heterocycles. The SMILES string of the molecule is CC(C)[Si](O[C@H]1C[C@H](Nc2ncncc2C(=O)c2ccn(-c3ccccc3)n2)C[C@@H]1CO)(C(C)C)C(C)C. The molecule has 1 aliphatic carbocycles. The number of aromatic nitrogens is 4. The first kappa shape index (κ1) is 28.1. The lowest BCUT2D eigenvalue weighted by atomic mass is 10.1. The molecule has 0 spiro atoms. The van der Waals surface area contributed by atoms with Crippen molar-refractivity contribution in [1.82, 2.24) is 19.7 Å². The summed E-state index contributed by atoms with van der Waals surface area (Å²) in [6.07, 6.45) is 6.24. The number of aliphatic hydroxyl groups is 1. The number of hydrogen-bond acceptors (Lipinski definition) is 7. The Kier molecular flexibility index (Phi) is 8.80. The van der Waals surface area contributed by atoms with Gasteiger partial charge < -0.3 is 14.8 Å². The van der Waals surface area contributed by atoms with Crippen LogP contribution >= 0.6 is 0 Å². The van der Waals surface area contributed by atoms with E-state index in [2.05, 4.69) is 61.9 Å². The van der Waals surface area contributed by atoms with Gasteiger partial charge in [-0.25, -0.2) is 14.6 Å². The van der Waals surface area contributed by atoms with E-state index in [-0.39, 0.29) is 30.5 Å². The summed E-state index contributed by atoms with van der Waals surface area (Å²) in [5, 5.41) is 18.2. The number of anilines is 1. The smallest absolute Gasteiger partial charge is 0.218 e. The van der Waals surface area contributed by atoms with Crippen molar-refractivity contribution >= 4 is 19.9 Å². The highest BCUT2D eigenvalue weighted by Crippen LogP contribution is 2.46. The summed E-state index contributed by atoms with van der Waals surface area (Å²) in [6, 6.07) is 11.4. The molecule has 4 rings (SSSR count). The molecule has 0 bridgehead atoms. The van der Waals surface area contributed by atoms with Crippen LogP contribution in [0.25, 0.3) is 5.69 Å². The molecule has 2 heterocycles. The predicted octanol–water partition coefficient (Wildman–Crippen LogP) is 5.64. The monoisotopic (exact) mass is 535 g/mol. The number of para-hydroxylation sites is 1. The van der Waals surface area contributed by atoms with E-state index in [0.29, 0.717) is 33.7 Å². The summed E-state index contributed by atoms with van der Waals surface area (Å²) >= 11 is 0. The Hall–Kier alpha value is -2.88. The highest BCUT2D eigenvalue weighted by atomic mass is 28.4. The number of carbonyl (C=O) groups is 1. The Balaban J connectivity index is 1.52. The molecule has 0 unspecified atom stereocenters. The third-order valence-electron chi connectivity index (χ3n) is 8.07. The number of rotatable bonds is 11. The lowest BCUT2D eigenvalue weighted by molar-refractivity contribution is 0.0941. The van der Waals surface area contributed by atoms with E-state index in [1.54, 1.807) is 23.1 Å². The van der Waals surface area contributed by atoms with Gasteiger partial charge in [-0.2, -0.15) is 5.10 Å². The molecule has 0 amide bonds. The number of carbonyl (C=O) groups excluding carboxylic acids is 1. The third-order valence-corrected chi connectivity index (χ3v) is 14.2. The Morgan fingerprint density at radius 3 is 2.39 bits per heavy atom. The van der Waals surface area contributed by atoms with E-state index in [1.807, 2.05) is 30.3 Å². The minimum absolute atomic E-state index is 0.0265. The molecular weight excluding hydrogens is 494 g/mol. The summed E-state index contributed by atoms with van der Waals surface area (Å²) in [6.45, 7) is 13.8. The van der Waals surface area contributed by atoms with Crippen LogP contribution in [0.15, 0.2) is 55.1 Å². The van der Waals surface area contributed by atoms with Gasteiger partial charge in [0.1, 0.15) is 17.8 Å². The normalized spacial score (nSPS) is 20.0. The molecular formula is C29H41N5O3Si. The highest BCUT2D eigenvalue weighted by molar-refractivity contribution is 6.77. The summed E-state index contributed by atoms with van der Waals surface area (Å²) in [5.74, 6) is 0.290. The van der Waals surface area contributed by atoms with Crippen LogP contribution < -0.4 is 5.32 Å². The average molecular weight is 536 g/mol. The van der Waals surface area contributed by atoms with Crippen LogP contribution in [0.4, 0.5) is 5.82 Å². The molecule has 9 heteroatoms. The van der Waals surface area contributed by atoms with Gasteiger partial charge in [0, 0.05) is 31.0 Å². The summed E-state index contributed by atoms with van der Waals surface area (Å²) in [5.41, 5.74) is 2.99. The number of nitrogens with one attached hydrogen (secondary N) is 1. The van der Waals surface area contributed by atoms with Crippen LogP contribution in [0.2, 0.25) is 16.6 Å². The first-order valence-corrected chi connectivity index (χ1v) is 15.8. The number of benzene rings is 1. The van der Waals surface area contributed by atoms with Gasteiger partial charge in [-0.3, -0.25) is 4.79 Å². The van der Waals surface area contributed by atoms with Crippen molar-refractivity contribution in [3.8, 4) is 5.69 Å². The van der Waals surface area contributed by atoms with Gasteiger partial charge in [-0.05, 0) is 47.7 Å². The van der Waals surface area contributed by atoms with Gasteiger partial charge in [-0.1, -0.05) is 59.7 Å². The van der Waals surface area contributed by atoms with E-state index in [9.17, 15) is 9.90 Å². The molecule has 38 heavy (non-hydrogen) atoms. The minimum Gasteiger partial charge on any atom is -0.413 e. The van der Waals surface area contributed by atoms with Crippen LogP contribution in [-0.4, -0.2) is 57.7 Å². The molecule has 204 valence electrons. The topological polar surface area (TPSA) is 102 Å². The van der Waals surface area contributed by atoms with Gasteiger partial charge in [0.2, 0.25) is 14.1 Å². The van der Waals surface area contributed by atoms with Crippen molar-refractivity contribution in [3.63, 3.8) is 0 Å². The van der Waals surface area contributed by atoms with Gasteiger partial charge in [0.05, 0.1) is 17.4 Å². The van der Waals surface area contributed by atoms with E-state index in [4.69, 9.17) is 4.43 Å². The van der Waals surface area contributed by atoms with Crippen LogP contribution in [0.5, 0.6) is 0 Å². The number of ketones is 1. The maximum absolute atomic E-state index is 13.4. The highest BCUT2D eigenvalue weighted by Gasteiger charge is 2.49. The maximum Gasteiger partial charge on any atom is 0.218 e. The lowest BCUT2D eigenvalue weighted by Crippen LogP contribution is -2.51. The Morgan fingerprint density at radius 1 is 1.08 bits per heavy atom. The van der Waals surface area contributed by atoms with E-state index in [0.717, 1.165) is 18.5 Å². The molecule has 3 atom stereocenters.